The Morgan fingerprint density at radius 3 is 2.24 bits per heavy atom. The summed E-state index contributed by atoms with van der Waals surface area (Å²) >= 11 is 0. The average Bonchev–Trinajstić information content (AvgIpc) is 3.43. The molecular weight excluding hydrogens is 548 g/mol. The van der Waals surface area contributed by atoms with Gasteiger partial charge in [0.25, 0.3) is 0 Å². The van der Waals surface area contributed by atoms with Crippen molar-refractivity contribution in [2.24, 2.45) is 0 Å². The summed E-state index contributed by atoms with van der Waals surface area (Å²) in [5, 5.41) is 14.7. The minimum absolute atomic E-state index is 0.148. The van der Waals surface area contributed by atoms with Crippen LogP contribution in [-0.2, 0) is 28.5 Å². The molecule has 0 aliphatic carbocycles. The van der Waals surface area contributed by atoms with Crippen LogP contribution in [0.5, 0.6) is 5.75 Å². The first kappa shape index (κ1) is 31.9. The SMILES string of the molecule is CC(=O)Oc1ccc(C(O)CNC(C)CC(=O)OCCN2CCOCC2)c2cc(C(=O)OCCN3CCOCC3)[nH]c12. The van der Waals surface area contributed by atoms with Gasteiger partial charge in [-0.1, -0.05) is 6.07 Å². The standard InChI is InChI=1S/C29H42N4O9/c1-20(17-27(36)40-15-9-32-5-11-38-12-6-32)30-19-25(35)22-3-4-26(42-21(2)34)28-23(22)18-24(31-28)29(37)41-16-10-33-7-13-39-14-8-33/h3-4,18,20,25,30-31,35H,5-17,19H2,1-2H3. The van der Waals surface area contributed by atoms with Crippen LogP contribution in [-0.4, -0.2) is 129 Å². The second kappa shape index (κ2) is 16.0. The highest BCUT2D eigenvalue weighted by atomic mass is 16.5. The lowest BCUT2D eigenvalue weighted by Gasteiger charge is -2.26. The molecule has 0 spiro atoms. The number of ether oxygens (including phenoxy) is 5. The normalized spacial score (nSPS) is 18.0. The Morgan fingerprint density at radius 1 is 1.00 bits per heavy atom. The third-order valence-corrected chi connectivity index (χ3v) is 7.27. The fourth-order valence-electron chi connectivity index (χ4n) is 4.94. The third-order valence-electron chi connectivity index (χ3n) is 7.27. The van der Waals surface area contributed by atoms with Crippen molar-refractivity contribution in [3.05, 3.63) is 29.5 Å². The predicted octanol–water partition coefficient (Wildman–Crippen LogP) is 0.859. The number of aromatic amines is 1. The summed E-state index contributed by atoms with van der Waals surface area (Å²) in [7, 11) is 0. The lowest BCUT2D eigenvalue weighted by molar-refractivity contribution is -0.144. The maximum absolute atomic E-state index is 12.8. The van der Waals surface area contributed by atoms with Gasteiger partial charge in [-0.2, -0.15) is 0 Å². The molecule has 0 bridgehead atoms. The zero-order chi connectivity index (χ0) is 29.9. The first-order valence-electron chi connectivity index (χ1n) is 14.5. The number of aromatic nitrogens is 1. The van der Waals surface area contributed by atoms with E-state index < -0.39 is 18.0 Å². The minimum Gasteiger partial charge on any atom is -0.464 e. The van der Waals surface area contributed by atoms with Gasteiger partial charge < -0.3 is 39.1 Å². The van der Waals surface area contributed by atoms with E-state index in [4.69, 9.17) is 23.7 Å². The molecule has 42 heavy (non-hydrogen) atoms. The number of H-pyrrole nitrogens is 1. The van der Waals surface area contributed by atoms with Crippen LogP contribution in [0.3, 0.4) is 0 Å². The van der Waals surface area contributed by atoms with Gasteiger partial charge in [0, 0.05) is 64.2 Å². The van der Waals surface area contributed by atoms with Crippen LogP contribution >= 0.6 is 0 Å². The molecule has 3 N–H and O–H groups in total. The Morgan fingerprint density at radius 2 is 1.62 bits per heavy atom. The summed E-state index contributed by atoms with van der Waals surface area (Å²) < 4.78 is 26.8. The number of carbonyl (C=O) groups excluding carboxylic acids is 3. The van der Waals surface area contributed by atoms with E-state index in [1.54, 1.807) is 18.2 Å². The molecule has 2 fully saturated rings. The molecule has 3 heterocycles. The molecule has 2 atom stereocenters. The van der Waals surface area contributed by atoms with Crippen molar-refractivity contribution in [1.29, 1.82) is 0 Å². The summed E-state index contributed by atoms with van der Waals surface area (Å²) in [6.07, 6.45) is -0.819. The Bertz CT molecular complexity index is 1190. The Hall–Kier alpha value is -3.07. The molecular formula is C29H42N4O9. The average molecular weight is 591 g/mol. The summed E-state index contributed by atoms with van der Waals surface area (Å²) in [6, 6.07) is 4.57. The fourth-order valence-corrected chi connectivity index (χ4v) is 4.94. The van der Waals surface area contributed by atoms with Crippen LogP contribution < -0.4 is 10.1 Å². The van der Waals surface area contributed by atoms with E-state index in [2.05, 4.69) is 20.1 Å². The van der Waals surface area contributed by atoms with Crippen molar-refractivity contribution in [3.63, 3.8) is 0 Å². The number of hydrogen-bond acceptors (Lipinski definition) is 12. The van der Waals surface area contributed by atoms with Gasteiger partial charge in [0.15, 0.2) is 5.75 Å². The first-order chi connectivity index (χ1) is 20.3. The Balaban J connectivity index is 1.32. The maximum atomic E-state index is 12.8. The van der Waals surface area contributed by atoms with Crippen molar-refractivity contribution in [1.82, 2.24) is 20.1 Å². The van der Waals surface area contributed by atoms with Crippen LogP contribution in [0.15, 0.2) is 18.2 Å². The van der Waals surface area contributed by atoms with Crippen molar-refractivity contribution in [2.75, 3.05) is 85.5 Å². The lowest BCUT2D eigenvalue weighted by atomic mass is 10.0. The monoisotopic (exact) mass is 590 g/mol. The number of aliphatic hydroxyl groups is 1. The summed E-state index contributed by atoms with van der Waals surface area (Å²) in [5.41, 5.74) is 1.11. The number of benzene rings is 1. The summed E-state index contributed by atoms with van der Waals surface area (Å²) in [4.78, 5) is 44.1. The molecule has 2 unspecified atom stereocenters. The highest BCUT2D eigenvalue weighted by Gasteiger charge is 2.22. The highest BCUT2D eigenvalue weighted by molar-refractivity contribution is 5.99. The number of fused-ring (bicyclic) bond motifs is 1. The third kappa shape index (κ3) is 9.48. The smallest absolute Gasteiger partial charge is 0.354 e. The van der Waals surface area contributed by atoms with Gasteiger partial charge in [-0.25, -0.2) is 4.79 Å². The summed E-state index contributed by atoms with van der Waals surface area (Å²) in [5.74, 6) is -1.14. The van der Waals surface area contributed by atoms with Crippen LogP contribution in [0.1, 0.15) is 42.4 Å². The van der Waals surface area contributed by atoms with Crippen molar-refractivity contribution in [3.8, 4) is 5.75 Å². The van der Waals surface area contributed by atoms with Gasteiger partial charge in [-0.3, -0.25) is 19.4 Å². The predicted molar refractivity (Wildman–Crippen MR) is 152 cm³/mol. The number of rotatable bonds is 14. The molecule has 232 valence electrons. The molecule has 2 aromatic rings. The van der Waals surface area contributed by atoms with E-state index in [-0.39, 0.29) is 43.0 Å². The molecule has 13 nitrogen and oxygen atoms in total. The quantitative estimate of drug-likeness (QED) is 0.211. The van der Waals surface area contributed by atoms with E-state index in [0.29, 0.717) is 62.6 Å². The first-order valence-corrected chi connectivity index (χ1v) is 14.5. The molecule has 0 radical (unpaired) electrons. The minimum atomic E-state index is -0.973. The molecule has 1 aromatic carbocycles. The van der Waals surface area contributed by atoms with Gasteiger partial charge in [0.1, 0.15) is 18.9 Å². The van der Waals surface area contributed by atoms with E-state index in [0.717, 1.165) is 26.2 Å². The molecule has 0 saturated carbocycles. The molecule has 2 aliphatic rings. The second-order valence-corrected chi connectivity index (χ2v) is 10.5. The number of nitrogens with zero attached hydrogens (tertiary/aromatic N) is 2. The zero-order valence-corrected chi connectivity index (χ0v) is 24.4. The number of nitrogens with one attached hydrogen (secondary N) is 2. The molecule has 13 heteroatoms. The van der Waals surface area contributed by atoms with Crippen molar-refractivity contribution in [2.45, 2.75) is 32.4 Å². The number of aliphatic hydroxyl groups excluding tert-OH is 1. The van der Waals surface area contributed by atoms with Gasteiger partial charge in [-0.05, 0) is 24.6 Å². The largest absolute Gasteiger partial charge is 0.464 e. The number of hydrogen-bond donors (Lipinski definition) is 3. The van der Waals surface area contributed by atoms with Crippen molar-refractivity contribution >= 4 is 28.8 Å². The van der Waals surface area contributed by atoms with Crippen LogP contribution in [0, 0.1) is 0 Å². The number of esters is 3. The molecule has 2 saturated heterocycles. The number of carbonyl (C=O) groups is 3. The topological polar surface area (TPSA) is 152 Å². The van der Waals surface area contributed by atoms with Crippen LogP contribution in [0.2, 0.25) is 0 Å². The molecule has 1 aromatic heterocycles. The van der Waals surface area contributed by atoms with Crippen LogP contribution in [0.4, 0.5) is 0 Å². The molecule has 4 rings (SSSR count). The molecule has 2 aliphatic heterocycles. The molecule has 0 amide bonds. The van der Waals surface area contributed by atoms with Crippen molar-refractivity contribution < 1.29 is 43.2 Å². The van der Waals surface area contributed by atoms with E-state index in [1.165, 1.54) is 6.92 Å². The van der Waals surface area contributed by atoms with Gasteiger partial charge in [-0.15, -0.1) is 0 Å². The van der Waals surface area contributed by atoms with Gasteiger partial charge >= 0.3 is 17.9 Å². The van der Waals surface area contributed by atoms with Gasteiger partial charge in [0.05, 0.1) is 44.5 Å². The number of morpholine rings is 2. The zero-order valence-electron chi connectivity index (χ0n) is 24.4. The van der Waals surface area contributed by atoms with E-state index in [1.807, 2.05) is 6.92 Å². The van der Waals surface area contributed by atoms with E-state index >= 15 is 0 Å². The summed E-state index contributed by atoms with van der Waals surface area (Å²) in [6.45, 7) is 11.1. The van der Waals surface area contributed by atoms with Gasteiger partial charge in [0.2, 0.25) is 0 Å². The Labute approximate surface area is 245 Å². The van der Waals surface area contributed by atoms with Crippen LogP contribution in [0.25, 0.3) is 10.9 Å². The fraction of sp³-hybridized carbons (Fsp3) is 0.621. The second-order valence-electron chi connectivity index (χ2n) is 10.5. The maximum Gasteiger partial charge on any atom is 0.354 e. The lowest BCUT2D eigenvalue weighted by Crippen LogP contribution is -2.39. The van der Waals surface area contributed by atoms with E-state index in [9.17, 15) is 19.5 Å². The highest BCUT2D eigenvalue weighted by Crippen LogP contribution is 2.32. The Kier molecular flexibility index (Phi) is 12.1.